The van der Waals surface area contributed by atoms with Crippen molar-refractivity contribution in [3.63, 3.8) is 0 Å². The Bertz CT molecular complexity index is 962. The van der Waals surface area contributed by atoms with Crippen LogP contribution in [-0.2, 0) is 0 Å². The van der Waals surface area contributed by atoms with E-state index >= 15 is 0 Å². The quantitative estimate of drug-likeness (QED) is 0.607. The van der Waals surface area contributed by atoms with Gasteiger partial charge in [-0.1, -0.05) is 29.8 Å². The van der Waals surface area contributed by atoms with Gasteiger partial charge in [-0.05, 0) is 36.4 Å². The molecule has 0 bridgehead atoms. The van der Waals surface area contributed by atoms with Gasteiger partial charge < -0.3 is 15.6 Å². The third kappa shape index (κ3) is 3.72. The standard InChI is InChI=1S/C19H16ClN3O2/c1-2-9-21-18(24)14-5-3-4-6-16(14)23-19(25)17-11-12-10-13(20)7-8-15(12)22-17/h2-8,10-11,22H,1,9H2,(H,21,24)(H,23,25). The monoisotopic (exact) mass is 353 g/mol. The van der Waals surface area contributed by atoms with Crippen LogP contribution < -0.4 is 10.6 Å². The van der Waals surface area contributed by atoms with E-state index in [2.05, 4.69) is 22.2 Å². The lowest BCUT2D eigenvalue weighted by atomic mass is 10.1. The van der Waals surface area contributed by atoms with E-state index in [4.69, 9.17) is 11.6 Å². The molecule has 0 fully saturated rings. The van der Waals surface area contributed by atoms with E-state index < -0.39 is 0 Å². The molecule has 0 aliphatic rings. The number of anilines is 1. The molecule has 3 N–H and O–H groups in total. The lowest BCUT2D eigenvalue weighted by Crippen LogP contribution is -2.25. The summed E-state index contributed by atoms with van der Waals surface area (Å²) in [6.45, 7) is 3.92. The molecule has 25 heavy (non-hydrogen) atoms. The number of hydrogen-bond donors (Lipinski definition) is 3. The second-order valence-corrected chi connectivity index (χ2v) is 5.85. The summed E-state index contributed by atoms with van der Waals surface area (Å²) < 4.78 is 0. The molecule has 0 spiro atoms. The Morgan fingerprint density at radius 1 is 1.12 bits per heavy atom. The maximum atomic E-state index is 12.5. The number of carbonyl (C=O) groups excluding carboxylic acids is 2. The van der Waals surface area contributed by atoms with E-state index in [1.165, 1.54) is 0 Å². The molecule has 2 amide bonds. The molecule has 6 heteroatoms. The van der Waals surface area contributed by atoms with Crippen molar-refractivity contribution in [3.05, 3.63) is 77.5 Å². The van der Waals surface area contributed by atoms with Gasteiger partial charge in [0.1, 0.15) is 5.69 Å². The van der Waals surface area contributed by atoms with Crippen LogP contribution in [0.15, 0.2) is 61.2 Å². The van der Waals surface area contributed by atoms with Crippen molar-refractivity contribution in [2.24, 2.45) is 0 Å². The van der Waals surface area contributed by atoms with Crippen LogP contribution in [0.3, 0.4) is 0 Å². The first-order valence-corrected chi connectivity index (χ1v) is 8.04. The fourth-order valence-electron chi connectivity index (χ4n) is 2.47. The molecule has 3 aromatic rings. The van der Waals surface area contributed by atoms with E-state index in [0.29, 0.717) is 28.5 Å². The molecule has 2 aromatic carbocycles. The molecule has 0 aliphatic heterocycles. The Morgan fingerprint density at radius 2 is 1.92 bits per heavy atom. The van der Waals surface area contributed by atoms with E-state index in [-0.39, 0.29) is 11.8 Å². The molecular weight excluding hydrogens is 338 g/mol. The fraction of sp³-hybridized carbons (Fsp3) is 0.0526. The Balaban J connectivity index is 1.84. The first kappa shape index (κ1) is 16.8. The smallest absolute Gasteiger partial charge is 0.272 e. The number of aromatic nitrogens is 1. The maximum Gasteiger partial charge on any atom is 0.272 e. The number of halogens is 1. The van der Waals surface area contributed by atoms with Crippen molar-refractivity contribution in [2.75, 3.05) is 11.9 Å². The summed E-state index contributed by atoms with van der Waals surface area (Å²) in [6, 6.07) is 13.9. The molecule has 3 rings (SSSR count). The number of nitrogens with one attached hydrogen (secondary N) is 3. The van der Waals surface area contributed by atoms with Gasteiger partial charge in [0.25, 0.3) is 11.8 Å². The van der Waals surface area contributed by atoms with Gasteiger partial charge >= 0.3 is 0 Å². The molecule has 0 radical (unpaired) electrons. The normalized spacial score (nSPS) is 10.4. The molecular formula is C19H16ClN3O2. The van der Waals surface area contributed by atoms with Crippen LogP contribution in [0.25, 0.3) is 10.9 Å². The minimum Gasteiger partial charge on any atom is -0.351 e. The van der Waals surface area contributed by atoms with E-state index in [9.17, 15) is 9.59 Å². The van der Waals surface area contributed by atoms with Crippen LogP contribution in [0, 0.1) is 0 Å². The van der Waals surface area contributed by atoms with Crippen LogP contribution in [0.5, 0.6) is 0 Å². The summed E-state index contributed by atoms with van der Waals surface area (Å²) >= 11 is 5.97. The largest absolute Gasteiger partial charge is 0.351 e. The molecule has 1 heterocycles. The Labute approximate surface area is 149 Å². The minimum atomic E-state index is -0.337. The van der Waals surface area contributed by atoms with Gasteiger partial charge in [0, 0.05) is 22.5 Å². The summed E-state index contributed by atoms with van der Waals surface area (Å²) in [5, 5.41) is 6.91. The highest BCUT2D eigenvalue weighted by Gasteiger charge is 2.15. The van der Waals surface area contributed by atoms with E-state index in [0.717, 1.165) is 10.9 Å². The zero-order valence-electron chi connectivity index (χ0n) is 13.3. The van der Waals surface area contributed by atoms with Crippen LogP contribution in [-0.4, -0.2) is 23.3 Å². The van der Waals surface area contributed by atoms with Gasteiger partial charge in [-0.15, -0.1) is 6.58 Å². The molecule has 0 aliphatic carbocycles. The predicted molar refractivity (Wildman–Crippen MR) is 100 cm³/mol. The number of benzene rings is 2. The number of fused-ring (bicyclic) bond motifs is 1. The topological polar surface area (TPSA) is 74.0 Å². The number of para-hydroxylation sites is 1. The number of H-pyrrole nitrogens is 1. The van der Waals surface area contributed by atoms with Gasteiger partial charge in [-0.3, -0.25) is 9.59 Å². The molecule has 0 saturated carbocycles. The lowest BCUT2D eigenvalue weighted by molar-refractivity contribution is 0.0959. The summed E-state index contributed by atoms with van der Waals surface area (Å²) in [4.78, 5) is 27.8. The lowest BCUT2D eigenvalue weighted by Gasteiger charge is -2.10. The van der Waals surface area contributed by atoms with Gasteiger partial charge in [0.15, 0.2) is 0 Å². The number of amides is 2. The molecule has 0 unspecified atom stereocenters. The van der Waals surface area contributed by atoms with Crippen molar-refractivity contribution in [1.82, 2.24) is 10.3 Å². The van der Waals surface area contributed by atoms with Gasteiger partial charge in [0.2, 0.25) is 0 Å². The minimum absolute atomic E-state index is 0.278. The summed E-state index contributed by atoms with van der Waals surface area (Å²) in [5.74, 6) is -0.615. The SMILES string of the molecule is C=CCNC(=O)c1ccccc1NC(=O)c1cc2cc(Cl)ccc2[nH]1. The fourth-order valence-corrected chi connectivity index (χ4v) is 2.65. The summed E-state index contributed by atoms with van der Waals surface area (Å²) in [6.07, 6.45) is 1.59. The summed E-state index contributed by atoms with van der Waals surface area (Å²) in [5.41, 5.74) is 2.02. The van der Waals surface area contributed by atoms with Gasteiger partial charge in [-0.25, -0.2) is 0 Å². The number of carbonyl (C=O) groups is 2. The number of rotatable bonds is 5. The third-order valence-corrected chi connectivity index (χ3v) is 3.89. The zero-order valence-corrected chi connectivity index (χ0v) is 14.1. The Kier molecular flexibility index (Phi) is 4.86. The maximum absolute atomic E-state index is 12.5. The van der Waals surface area contributed by atoms with Gasteiger partial charge in [0.05, 0.1) is 11.3 Å². The molecule has 0 saturated heterocycles. The van der Waals surface area contributed by atoms with E-state index in [1.54, 1.807) is 48.5 Å². The van der Waals surface area contributed by atoms with Crippen LogP contribution in [0.2, 0.25) is 5.02 Å². The van der Waals surface area contributed by atoms with Crippen molar-refractivity contribution in [1.29, 1.82) is 0 Å². The van der Waals surface area contributed by atoms with Crippen molar-refractivity contribution in [2.45, 2.75) is 0 Å². The second kappa shape index (κ2) is 7.23. The second-order valence-electron chi connectivity index (χ2n) is 5.41. The first-order chi connectivity index (χ1) is 12.1. The average Bonchev–Trinajstić information content (AvgIpc) is 3.03. The zero-order chi connectivity index (χ0) is 17.8. The highest BCUT2D eigenvalue weighted by Crippen LogP contribution is 2.21. The molecule has 126 valence electrons. The highest BCUT2D eigenvalue weighted by molar-refractivity contribution is 6.31. The number of aromatic amines is 1. The first-order valence-electron chi connectivity index (χ1n) is 7.66. The Morgan fingerprint density at radius 3 is 2.72 bits per heavy atom. The van der Waals surface area contributed by atoms with Crippen LogP contribution >= 0.6 is 11.6 Å². The average molecular weight is 354 g/mol. The van der Waals surface area contributed by atoms with Gasteiger partial charge in [-0.2, -0.15) is 0 Å². The number of hydrogen-bond acceptors (Lipinski definition) is 2. The third-order valence-electron chi connectivity index (χ3n) is 3.65. The highest BCUT2D eigenvalue weighted by atomic mass is 35.5. The molecule has 5 nitrogen and oxygen atoms in total. The van der Waals surface area contributed by atoms with Crippen molar-refractivity contribution in [3.8, 4) is 0 Å². The van der Waals surface area contributed by atoms with E-state index in [1.807, 2.05) is 6.07 Å². The Hall–Kier alpha value is -3.05. The molecule has 1 aromatic heterocycles. The van der Waals surface area contributed by atoms with Crippen molar-refractivity contribution >= 4 is 40.0 Å². The predicted octanol–water partition coefficient (Wildman–Crippen LogP) is 3.99. The molecule has 0 atom stereocenters. The van der Waals surface area contributed by atoms with Crippen LogP contribution in [0.4, 0.5) is 5.69 Å². The van der Waals surface area contributed by atoms with Crippen LogP contribution in [0.1, 0.15) is 20.8 Å². The van der Waals surface area contributed by atoms with Crippen molar-refractivity contribution < 1.29 is 9.59 Å². The summed E-state index contributed by atoms with van der Waals surface area (Å²) in [7, 11) is 0.